The number of benzene rings is 2. The van der Waals surface area contributed by atoms with Crippen LogP contribution in [0.15, 0.2) is 48.5 Å². The van der Waals surface area contributed by atoms with Crippen molar-refractivity contribution in [1.29, 1.82) is 0 Å². The minimum Gasteiger partial charge on any atom is -0.491 e. The third-order valence-corrected chi connectivity index (χ3v) is 3.99. The lowest BCUT2D eigenvalue weighted by Crippen LogP contribution is -2.26. The Morgan fingerprint density at radius 1 is 0.528 bits per heavy atom. The van der Waals surface area contributed by atoms with Gasteiger partial charge in [-0.3, -0.25) is 0 Å². The molecule has 2 N–H and O–H groups in total. The zero-order chi connectivity index (χ0) is 26.6. The molecule has 36 heavy (non-hydrogen) atoms. The monoisotopic (exact) mass is 530 g/mol. The maximum atomic E-state index is 12.1. The molecule has 8 nitrogen and oxygen atoms in total. The summed E-state index contributed by atoms with van der Waals surface area (Å²) in [5.41, 5.74) is 0. The maximum Gasteiger partial charge on any atom is 0.573 e. The van der Waals surface area contributed by atoms with Gasteiger partial charge in [-0.15, -0.1) is 26.3 Å². The number of aliphatic hydroxyl groups is 2. The van der Waals surface area contributed by atoms with Gasteiger partial charge < -0.3 is 38.6 Å². The zero-order valence-electron chi connectivity index (χ0n) is 18.6. The molecule has 0 aliphatic heterocycles. The second-order valence-electron chi connectivity index (χ2n) is 7.12. The SMILES string of the molecule is OC(COCCOCC(O)COc1ccc(OC(F)(F)F)cc1)COc1ccc(OC(F)(F)F)cc1. The smallest absolute Gasteiger partial charge is 0.491 e. The molecule has 2 unspecified atom stereocenters. The highest BCUT2D eigenvalue weighted by Crippen LogP contribution is 2.25. The van der Waals surface area contributed by atoms with E-state index in [0.29, 0.717) is 0 Å². The molecular formula is C22H24F6O8. The minimum atomic E-state index is -4.79. The van der Waals surface area contributed by atoms with Gasteiger partial charge in [-0.1, -0.05) is 0 Å². The summed E-state index contributed by atoms with van der Waals surface area (Å²) >= 11 is 0. The first-order valence-electron chi connectivity index (χ1n) is 10.4. The van der Waals surface area contributed by atoms with Gasteiger partial charge in [0.25, 0.3) is 0 Å². The first kappa shape index (κ1) is 29.3. The number of rotatable bonds is 15. The molecule has 0 spiro atoms. The van der Waals surface area contributed by atoms with Crippen LogP contribution in [0.1, 0.15) is 0 Å². The van der Waals surface area contributed by atoms with Crippen LogP contribution in [-0.2, 0) is 9.47 Å². The van der Waals surface area contributed by atoms with Crippen molar-refractivity contribution in [1.82, 2.24) is 0 Å². The van der Waals surface area contributed by atoms with E-state index in [1.807, 2.05) is 0 Å². The van der Waals surface area contributed by atoms with Crippen molar-refractivity contribution in [3.8, 4) is 23.0 Å². The first-order chi connectivity index (χ1) is 16.9. The predicted molar refractivity (Wildman–Crippen MR) is 111 cm³/mol. The van der Waals surface area contributed by atoms with E-state index in [-0.39, 0.29) is 51.1 Å². The Hall–Kier alpha value is -2.94. The molecular weight excluding hydrogens is 506 g/mol. The number of hydrogen-bond donors (Lipinski definition) is 2. The predicted octanol–water partition coefficient (Wildman–Crippen LogP) is 3.70. The largest absolute Gasteiger partial charge is 0.573 e. The van der Waals surface area contributed by atoms with Gasteiger partial charge in [0.05, 0.1) is 26.4 Å². The minimum absolute atomic E-state index is 0.0920. The van der Waals surface area contributed by atoms with Gasteiger partial charge in [-0.05, 0) is 48.5 Å². The fraction of sp³-hybridized carbons (Fsp3) is 0.455. The number of aliphatic hydroxyl groups excluding tert-OH is 2. The highest BCUT2D eigenvalue weighted by atomic mass is 19.4. The lowest BCUT2D eigenvalue weighted by atomic mass is 10.3. The Morgan fingerprint density at radius 3 is 1.14 bits per heavy atom. The van der Waals surface area contributed by atoms with Gasteiger partial charge in [0.15, 0.2) is 0 Å². The highest BCUT2D eigenvalue weighted by Gasteiger charge is 2.31. The number of ether oxygens (including phenoxy) is 6. The van der Waals surface area contributed by atoms with Crippen LogP contribution in [0.25, 0.3) is 0 Å². The Labute approximate surface area is 201 Å². The van der Waals surface area contributed by atoms with Crippen molar-refractivity contribution in [2.45, 2.75) is 24.9 Å². The Morgan fingerprint density at radius 2 is 0.833 bits per heavy atom. The van der Waals surface area contributed by atoms with Gasteiger partial charge in [-0.25, -0.2) is 0 Å². The van der Waals surface area contributed by atoms with Crippen LogP contribution in [0.4, 0.5) is 26.3 Å². The van der Waals surface area contributed by atoms with Crippen molar-refractivity contribution in [2.75, 3.05) is 39.6 Å². The molecule has 0 bridgehead atoms. The lowest BCUT2D eigenvalue weighted by molar-refractivity contribution is -0.275. The van der Waals surface area contributed by atoms with Crippen LogP contribution in [0, 0.1) is 0 Å². The third kappa shape index (κ3) is 13.2. The fourth-order valence-corrected chi connectivity index (χ4v) is 2.51. The molecule has 0 saturated heterocycles. The summed E-state index contributed by atoms with van der Waals surface area (Å²) in [5, 5.41) is 19.7. The van der Waals surface area contributed by atoms with E-state index in [1.165, 1.54) is 24.3 Å². The maximum absolute atomic E-state index is 12.1. The molecule has 0 saturated carbocycles. The average Bonchev–Trinajstić information content (AvgIpc) is 2.78. The molecule has 14 heteroatoms. The van der Waals surface area contributed by atoms with E-state index < -0.39 is 36.4 Å². The molecule has 0 heterocycles. The quantitative estimate of drug-likeness (QED) is 0.266. The van der Waals surface area contributed by atoms with Crippen LogP contribution in [-0.4, -0.2) is 74.8 Å². The molecule has 0 radical (unpaired) electrons. The van der Waals surface area contributed by atoms with Crippen molar-refractivity contribution in [3.63, 3.8) is 0 Å². The van der Waals surface area contributed by atoms with Crippen LogP contribution in [0.3, 0.4) is 0 Å². The number of halogens is 6. The molecule has 202 valence electrons. The number of hydrogen-bond acceptors (Lipinski definition) is 8. The molecule has 0 fully saturated rings. The standard InChI is InChI=1S/C22H24F6O8/c23-21(24,25)35-19-5-1-17(2-6-19)33-13-15(29)11-31-9-10-32-12-16(30)14-34-18-3-7-20(8-4-18)36-22(26,27)28/h1-8,15-16,29-30H,9-14H2. The van der Waals surface area contributed by atoms with E-state index in [0.717, 1.165) is 24.3 Å². The summed E-state index contributed by atoms with van der Waals surface area (Å²) in [4.78, 5) is 0. The molecule has 2 aromatic rings. The summed E-state index contributed by atoms with van der Waals surface area (Å²) in [6.45, 7) is -0.348. The van der Waals surface area contributed by atoms with Crippen LogP contribution < -0.4 is 18.9 Å². The van der Waals surface area contributed by atoms with Gasteiger partial charge in [0.2, 0.25) is 0 Å². The second-order valence-corrected chi connectivity index (χ2v) is 7.12. The van der Waals surface area contributed by atoms with Crippen molar-refractivity contribution in [2.24, 2.45) is 0 Å². The van der Waals surface area contributed by atoms with E-state index in [1.54, 1.807) is 0 Å². The molecule has 2 atom stereocenters. The van der Waals surface area contributed by atoms with Gasteiger partial charge in [-0.2, -0.15) is 0 Å². The van der Waals surface area contributed by atoms with Crippen molar-refractivity contribution in [3.05, 3.63) is 48.5 Å². The summed E-state index contributed by atoms with van der Waals surface area (Å²) in [6, 6.07) is 9.34. The number of alkyl halides is 6. The fourth-order valence-electron chi connectivity index (χ4n) is 2.51. The van der Waals surface area contributed by atoms with E-state index in [9.17, 15) is 36.6 Å². The van der Waals surface area contributed by atoms with E-state index in [4.69, 9.17) is 18.9 Å². The molecule has 0 aliphatic rings. The van der Waals surface area contributed by atoms with Crippen molar-refractivity contribution >= 4 is 0 Å². The van der Waals surface area contributed by atoms with Gasteiger partial charge in [0, 0.05) is 0 Å². The summed E-state index contributed by atoms with van der Waals surface area (Å²) in [7, 11) is 0. The molecule has 0 aliphatic carbocycles. The average molecular weight is 530 g/mol. The topological polar surface area (TPSA) is 95.8 Å². The zero-order valence-corrected chi connectivity index (χ0v) is 18.6. The van der Waals surface area contributed by atoms with Gasteiger partial charge >= 0.3 is 12.7 Å². The molecule has 2 aromatic carbocycles. The summed E-state index contributed by atoms with van der Waals surface area (Å²) in [6.07, 6.45) is -11.6. The summed E-state index contributed by atoms with van der Waals surface area (Å²) in [5.74, 6) is -0.338. The Kier molecular flexibility index (Phi) is 11.4. The Balaban J connectivity index is 1.51. The lowest BCUT2D eigenvalue weighted by Gasteiger charge is -2.15. The molecule has 0 aromatic heterocycles. The van der Waals surface area contributed by atoms with Crippen LogP contribution in [0.2, 0.25) is 0 Å². The second kappa shape index (κ2) is 14.0. The third-order valence-electron chi connectivity index (χ3n) is 3.99. The normalized spacial score (nSPS) is 13.7. The molecule has 0 amide bonds. The Bertz CT molecular complexity index is 801. The molecule has 2 rings (SSSR count). The van der Waals surface area contributed by atoms with E-state index >= 15 is 0 Å². The first-order valence-corrected chi connectivity index (χ1v) is 10.4. The van der Waals surface area contributed by atoms with Crippen LogP contribution in [0.5, 0.6) is 23.0 Å². The van der Waals surface area contributed by atoms with E-state index in [2.05, 4.69) is 9.47 Å². The van der Waals surface area contributed by atoms with Crippen molar-refractivity contribution < 1.29 is 65.0 Å². The van der Waals surface area contributed by atoms with Crippen LogP contribution >= 0.6 is 0 Å². The van der Waals surface area contributed by atoms with Gasteiger partial charge in [0.1, 0.15) is 48.4 Å². The highest BCUT2D eigenvalue weighted by molar-refractivity contribution is 5.32. The summed E-state index contributed by atoms with van der Waals surface area (Å²) < 4.78 is 101.